The van der Waals surface area contributed by atoms with Crippen molar-refractivity contribution in [1.29, 1.82) is 0 Å². The Bertz CT molecular complexity index is 323. The minimum Gasteiger partial charge on any atom is -0.508 e. The molecule has 0 aliphatic heterocycles. The Morgan fingerprint density at radius 3 is 2.38 bits per heavy atom. The first kappa shape index (κ1) is 10.1. The van der Waals surface area contributed by atoms with Gasteiger partial charge in [0.2, 0.25) is 0 Å². The Hall–Kier alpha value is -1.02. The zero-order valence-corrected chi connectivity index (χ0v) is 9.46. The van der Waals surface area contributed by atoms with Gasteiger partial charge in [0.15, 0.2) is 0 Å². The van der Waals surface area contributed by atoms with Crippen molar-refractivity contribution in [3.8, 4) is 5.75 Å². The molecule has 0 atom stereocenters. The lowest BCUT2D eigenvalue weighted by molar-refractivity contribution is 0.479. The van der Waals surface area contributed by atoms with E-state index in [2.05, 4.69) is 26.2 Å². The van der Waals surface area contributed by atoms with Gasteiger partial charge >= 0.3 is 0 Å². The summed E-state index contributed by atoms with van der Waals surface area (Å²) in [6.07, 6.45) is 1.81. The summed E-state index contributed by atoms with van der Waals surface area (Å²) in [7, 11) is -1.42. The number of rotatable bonds is 2. The highest BCUT2D eigenvalue weighted by molar-refractivity contribution is 6.89. The summed E-state index contributed by atoms with van der Waals surface area (Å²) < 4.78 is 0. The van der Waals surface area contributed by atoms with Crippen molar-refractivity contribution in [2.45, 2.75) is 19.6 Å². The SMILES string of the molecule is C=Cc1ccc(O)c([Si](C)(C)C)c1. The van der Waals surface area contributed by atoms with Crippen LogP contribution in [0.4, 0.5) is 0 Å². The van der Waals surface area contributed by atoms with Crippen molar-refractivity contribution in [2.24, 2.45) is 0 Å². The van der Waals surface area contributed by atoms with E-state index < -0.39 is 8.07 Å². The van der Waals surface area contributed by atoms with E-state index >= 15 is 0 Å². The molecule has 0 heterocycles. The predicted octanol–water partition coefficient (Wildman–Crippen LogP) is 2.58. The molecule has 0 radical (unpaired) electrons. The monoisotopic (exact) mass is 192 g/mol. The third-order valence-corrected chi connectivity index (χ3v) is 4.08. The molecule has 1 aromatic carbocycles. The van der Waals surface area contributed by atoms with E-state index in [1.54, 1.807) is 6.07 Å². The molecule has 0 saturated heterocycles. The van der Waals surface area contributed by atoms with Crippen LogP contribution >= 0.6 is 0 Å². The third kappa shape index (κ3) is 2.22. The van der Waals surface area contributed by atoms with Gasteiger partial charge in [-0.3, -0.25) is 0 Å². The fourth-order valence-corrected chi connectivity index (χ4v) is 2.73. The lowest BCUT2D eigenvalue weighted by Gasteiger charge is -2.18. The third-order valence-electron chi connectivity index (χ3n) is 2.06. The van der Waals surface area contributed by atoms with Crippen LogP contribution in [0.3, 0.4) is 0 Å². The summed E-state index contributed by atoms with van der Waals surface area (Å²) in [6, 6.07) is 5.67. The molecule has 0 spiro atoms. The average Bonchev–Trinajstić information content (AvgIpc) is 2.03. The van der Waals surface area contributed by atoms with Crippen molar-refractivity contribution in [3.63, 3.8) is 0 Å². The molecule has 0 aliphatic carbocycles. The van der Waals surface area contributed by atoms with E-state index in [1.807, 2.05) is 18.2 Å². The normalized spacial score (nSPS) is 11.3. The lowest BCUT2D eigenvalue weighted by Crippen LogP contribution is -2.37. The number of phenols is 1. The van der Waals surface area contributed by atoms with E-state index in [0.717, 1.165) is 10.8 Å². The summed E-state index contributed by atoms with van der Waals surface area (Å²) in [5.74, 6) is 0.421. The molecule has 0 unspecified atom stereocenters. The Kier molecular flexibility index (Phi) is 2.62. The zero-order valence-electron chi connectivity index (χ0n) is 8.46. The van der Waals surface area contributed by atoms with E-state index in [-0.39, 0.29) is 0 Å². The zero-order chi connectivity index (χ0) is 10.1. The fraction of sp³-hybridized carbons (Fsp3) is 0.273. The summed E-state index contributed by atoms with van der Waals surface area (Å²) in [5.41, 5.74) is 1.08. The molecule has 0 amide bonds. The van der Waals surface area contributed by atoms with Gasteiger partial charge in [-0.05, 0) is 16.8 Å². The number of hydrogen-bond acceptors (Lipinski definition) is 1. The Morgan fingerprint density at radius 2 is 1.92 bits per heavy atom. The van der Waals surface area contributed by atoms with Crippen LogP contribution in [0, 0.1) is 0 Å². The minimum absolute atomic E-state index is 0.421. The highest BCUT2D eigenvalue weighted by Gasteiger charge is 2.20. The van der Waals surface area contributed by atoms with Gasteiger partial charge in [-0.25, -0.2) is 0 Å². The van der Waals surface area contributed by atoms with E-state index in [0.29, 0.717) is 5.75 Å². The minimum atomic E-state index is -1.42. The molecule has 2 heteroatoms. The Balaban J connectivity index is 3.27. The van der Waals surface area contributed by atoms with Crippen LogP contribution in [-0.2, 0) is 0 Å². The average molecular weight is 192 g/mol. The first-order valence-electron chi connectivity index (χ1n) is 4.41. The maximum atomic E-state index is 9.67. The standard InChI is InChI=1S/C11H16OSi/c1-5-9-6-7-10(12)11(8-9)13(2,3)4/h5-8,12H,1H2,2-4H3. The van der Waals surface area contributed by atoms with Gasteiger partial charge in [-0.2, -0.15) is 0 Å². The Labute approximate surface area is 80.7 Å². The first-order valence-corrected chi connectivity index (χ1v) is 7.91. The topological polar surface area (TPSA) is 20.2 Å². The van der Waals surface area contributed by atoms with Gasteiger partial charge in [0.1, 0.15) is 5.75 Å². The molecule has 1 rings (SSSR count). The molecule has 1 N–H and O–H groups in total. The summed E-state index contributed by atoms with van der Waals surface area (Å²) in [6.45, 7) is 10.4. The smallest absolute Gasteiger partial charge is 0.114 e. The maximum Gasteiger partial charge on any atom is 0.114 e. The van der Waals surface area contributed by atoms with Crippen molar-refractivity contribution in [1.82, 2.24) is 0 Å². The van der Waals surface area contributed by atoms with Gasteiger partial charge in [0.05, 0.1) is 8.07 Å². The van der Waals surface area contributed by atoms with Gasteiger partial charge in [-0.15, -0.1) is 0 Å². The largest absolute Gasteiger partial charge is 0.508 e. The molecule has 0 bridgehead atoms. The summed E-state index contributed by atoms with van der Waals surface area (Å²) in [4.78, 5) is 0. The van der Waals surface area contributed by atoms with Crippen LogP contribution < -0.4 is 5.19 Å². The van der Waals surface area contributed by atoms with Crippen LogP contribution in [0.1, 0.15) is 5.56 Å². The highest BCUT2D eigenvalue weighted by atomic mass is 28.3. The van der Waals surface area contributed by atoms with E-state index in [4.69, 9.17) is 0 Å². The van der Waals surface area contributed by atoms with Crippen molar-refractivity contribution < 1.29 is 5.11 Å². The van der Waals surface area contributed by atoms with Crippen molar-refractivity contribution >= 4 is 19.3 Å². The Morgan fingerprint density at radius 1 is 1.31 bits per heavy atom. The van der Waals surface area contributed by atoms with Gasteiger partial charge < -0.3 is 5.11 Å². The van der Waals surface area contributed by atoms with Gasteiger partial charge in [-0.1, -0.05) is 44.4 Å². The quantitative estimate of drug-likeness (QED) is 0.714. The van der Waals surface area contributed by atoms with Crippen molar-refractivity contribution in [3.05, 3.63) is 30.3 Å². The lowest BCUT2D eigenvalue weighted by atomic mass is 10.2. The fourth-order valence-electron chi connectivity index (χ4n) is 1.28. The van der Waals surface area contributed by atoms with Crippen LogP contribution in [0.15, 0.2) is 24.8 Å². The van der Waals surface area contributed by atoms with Crippen LogP contribution in [0.2, 0.25) is 19.6 Å². The molecule has 0 aromatic heterocycles. The number of phenolic OH excluding ortho intramolecular Hbond substituents is 1. The van der Waals surface area contributed by atoms with Gasteiger partial charge in [0, 0.05) is 0 Å². The first-order chi connectivity index (χ1) is 5.95. The van der Waals surface area contributed by atoms with Crippen LogP contribution in [-0.4, -0.2) is 13.2 Å². The second kappa shape index (κ2) is 3.38. The summed E-state index contributed by atoms with van der Waals surface area (Å²) >= 11 is 0. The van der Waals surface area contributed by atoms with E-state index in [1.165, 1.54) is 0 Å². The number of hydrogen-bond donors (Lipinski definition) is 1. The molecule has 1 aromatic rings. The second-order valence-electron chi connectivity index (χ2n) is 4.23. The molecule has 0 aliphatic rings. The van der Waals surface area contributed by atoms with Crippen molar-refractivity contribution in [2.75, 3.05) is 0 Å². The van der Waals surface area contributed by atoms with Gasteiger partial charge in [0.25, 0.3) is 0 Å². The maximum absolute atomic E-state index is 9.67. The number of aromatic hydroxyl groups is 1. The second-order valence-corrected chi connectivity index (χ2v) is 9.27. The van der Waals surface area contributed by atoms with Crippen LogP contribution in [0.25, 0.3) is 6.08 Å². The molecule has 1 nitrogen and oxygen atoms in total. The predicted molar refractivity (Wildman–Crippen MR) is 61.2 cm³/mol. The number of benzene rings is 1. The molecule has 70 valence electrons. The molecule has 0 fully saturated rings. The molecule has 13 heavy (non-hydrogen) atoms. The molecular weight excluding hydrogens is 176 g/mol. The summed E-state index contributed by atoms with van der Waals surface area (Å²) in [5, 5.41) is 10.8. The van der Waals surface area contributed by atoms with E-state index in [9.17, 15) is 5.11 Å². The molecule has 0 saturated carbocycles. The van der Waals surface area contributed by atoms with Crippen LogP contribution in [0.5, 0.6) is 5.75 Å². The molecular formula is C11H16OSi. The highest BCUT2D eigenvalue weighted by Crippen LogP contribution is 2.14.